The second kappa shape index (κ2) is 4.34. The zero-order valence-electron chi connectivity index (χ0n) is 10.8. The van der Waals surface area contributed by atoms with Crippen LogP contribution in [0.4, 0.5) is 8.78 Å². The van der Waals surface area contributed by atoms with Gasteiger partial charge in [0.2, 0.25) is 5.91 Å². The molecule has 1 aliphatic heterocycles. The number of likely N-dealkylation sites (tertiary alicyclic amines) is 1. The number of hydrogen-bond acceptors (Lipinski definition) is 1. The van der Waals surface area contributed by atoms with Crippen LogP contribution in [-0.4, -0.2) is 23.4 Å². The van der Waals surface area contributed by atoms with Crippen molar-refractivity contribution in [2.45, 2.75) is 38.1 Å². The molecule has 1 atom stereocenters. The normalized spacial score (nSPS) is 23.3. The number of benzene rings is 1. The smallest absolute Gasteiger partial charge is 0.223 e. The van der Waals surface area contributed by atoms with E-state index in [1.807, 2.05) is 13.8 Å². The predicted molar refractivity (Wildman–Crippen MR) is 65.2 cm³/mol. The van der Waals surface area contributed by atoms with Gasteiger partial charge in [0.15, 0.2) is 0 Å². The van der Waals surface area contributed by atoms with Gasteiger partial charge in [0.05, 0.1) is 0 Å². The molecule has 0 aromatic heterocycles. The summed E-state index contributed by atoms with van der Waals surface area (Å²) in [6.45, 7) is 3.93. The van der Waals surface area contributed by atoms with Crippen molar-refractivity contribution in [2.75, 3.05) is 7.05 Å². The summed E-state index contributed by atoms with van der Waals surface area (Å²) in [5, 5.41) is 0. The van der Waals surface area contributed by atoms with Gasteiger partial charge in [-0.1, -0.05) is 0 Å². The molecule has 1 aromatic carbocycles. The molecule has 98 valence electrons. The van der Waals surface area contributed by atoms with E-state index in [0.29, 0.717) is 18.4 Å². The van der Waals surface area contributed by atoms with Crippen molar-refractivity contribution in [2.24, 2.45) is 0 Å². The zero-order valence-corrected chi connectivity index (χ0v) is 10.8. The third kappa shape index (κ3) is 2.37. The molecule has 0 radical (unpaired) electrons. The Morgan fingerprint density at radius 3 is 2.28 bits per heavy atom. The fraction of sp³-hybridized carbons (Fsp3) is 0.500. The molecule has 0 N–H and O–H groups in total. The topological polar surface area (TPSA) is 20.3 Å². The minimum atomic E-state index is -0.589. The molecule has 1 unspecified atom stereocenters. The molecular formula is C14H17F2NO. The molecule has 0 aliphatic carbocycles. The van der Waals surface area contributed by atoms with Crippen molar-refractivity contribution >= 4 is 5.91 Å². The molecule has 1 aliphatic rings. The molecule has 1 amide bonds. The standard InChI is InChI=1S/C14H17F2NO/c1-14(2)8-10(6-13(18)17(14)3)9-4-11(15)7-12(16)5-9/h4-5,7,10H,6,8H2,1-3H3. The maximum atomic E-state index is 13.2. The van der Waals surface area contributed by atoms with E-state index in [1.165, 1.54) is 12.1 Å². The molecule has 1 heterocycles. The van der Waals surface area contributed by atoms with Gasteiger partial charge >= 0.3 is 0 Å². The van der Waals surface area contributed by atoms with Crippen LogP contribution in [-0.2, 0) is 4.79 Å². The molecule has 0 bridgehead atoms. The number of halogens is 2. The average Bonchev–Trinajstić information content (AvgIpc) is 2.23. The van der Waals surface area contributed by atoms with Crippen molar-refractivity contribution < 1.29 is 13.6 Å². The first-order valence-corrected chi connectivity index (χ1v) is 6.02. The van der Waals surface area contributed by atoms with Crippen molar-refractivity contribution in [3.63, 3.8) is 0 Å². The Morgan fingerprint density at radius 1 is 1.22 bits per heavy atom. The van der Waals surface area contributed by atoms with Crippen LogP contribution < -0.4 is 0 Å². The lowest BCUT2D eigenvalue weighted by molar-refractivity contribution is -0.139. The fourth-order valence-corrected chi connectivity index (χ4v) is 2.54. The predicted octanol–water partition coefficient (Wildman–Crippen LogP) is 3.08. The van der Waals surface area contributed by atoms with E-state index in [-0.39, 0.29) is 17.4 Å². The Labute approximate surface area is 106 Å². The van der Waals surface area contributed by atoms with E-state index >= 15 is 0 Å². The molecule has 1 fully saturated rings. The second-order valence-corrected chi connectivity index (χ2v) is 5.57. The molecule has 18 heavy (non-hydrogen) atoms. The highest BCUT2D eigenvalue weighted by Gasteiger charge is 2.37. The Bertz CT molecular complexity index is 464. The van der Waals surface area contributed by atoms with Crippen LogP contribution in [0.1, 0.15) is 38.2 Å². The highest BCUT2D eigenvalue weighted by atomic mass is 19.1. The van der Waals surface area contributed by atoms with Crippen molar-refractivity contribution in [3.05, 3.63) is 35.4 Å². The number of hydrogen-bond donors (Lipinski definition) is 0. The minimum Gasteiger partial charge on any atom is -0.341 e. The summed E-state index contributed by atoms with van der Waals surface area (Å²) in [5.74, 6) is -1.28. The maximum absolute atomic E-state index is 13.2. The summed E-state index contributed by atoms with van der Waals surface area (Å²) in [4.78, 5) is 13.6. The van der Waals surface area contributed by atoms with Crippen LogP contribution in [0.25, 0.3) is 0 Å². The lowest BCUT2D eigenvalue weighted by Crippen LogP contribution is -2.50. The second-order valence-electron chi connectivity index (χ2n) is 5.57. The maximum Gasteiger partial charge on any atom is 0.223 e. The van der Waals surface area contributed by atoms with Gasteiger partial charge in [0.25, 0.3) is 0 Å². The van der Waals surface area contributed by atoms with Gasteiger partial charge in [-0.15, -0.1) is 0 Å². The number of rotatable bonds is 1. The molecule has 1 saturated heterocycles. The zero-order chi connectivity index (χ0) is 13.5. The Morgan fingerprint density at radius 2 is 1.78 bits per heavy atom. The SMILES string of the molecule is CN1C(=O)CC(c2cc(F)cc(F)c2)CC1(C)C. The molecule has 4 heteroatoms. The number of nitrogens with zero attached hydrogens (tertiary/aromatic N) is 1. The molecule has 2 rings (SSSR count). The average molecular weight is 253 g/mol. The van der Waals surface area contributed by atoms with Crippen molar-refractivity contribution in [1.29, 1.82) is 0 Å². The van der Waals surface area contributed by atoms with E-state index < -0.39 is 11.6 Å². The first-order chi connectivity index (χ1) is 8.29. The third-order valence-corrected chi connectivity index (χ3v) is 3.81. The summed E-state index contributed by atoms with van der Waals surface area (Å²) in [6, 6.07) is 3.50. The number of piperidine rings is 1. The van der Waals surface area contributed by atoms with E-state index in [2.05, 4.69) is 0 Å². The monoisotopic (exact) mass is 253 g/mol. The third-order valence-electron chi connectivity index (χ3n) is 3.81. The number of carbonyl (C=O) groups excluding carboxylic acids is 1. The highest BCUT2D eigenvalue weighted by Crippen LogP contribution is 2.37. The van der Waals surface area contributed by atoms with E-state index in [1.54, 1.807) is 11.9 Å². The largest absolute Gasteiger partial charge is 0.341 e. The number of carbonyl (C=O) groups is 1. The van der Waals surface area contributed by atoms with E-state index in [0.717, 1.165) is 6.07 Å². The van der Waals surface area contributed by atoms with Crippen molar-refractivity contribution in [1.82, 2.24) is 4.90 Å². The molecule has 0 saturated carbocycles. The fourth-order valence-electron chi connectivity index (χ4n) is 2.54. The van der Waals surface area contributed by atoms with Gasteiger partial charge in [0.1, 0.15) is 11.6 Å². The van der Waals surface area contributed by atoms with Gasteiger partial charge in [-0.05, 0) is 43.9 Å². The highest BCUT2D eigenvalue weighted by molar-refractivity contribution is 5.78. The summed E-state index contributed by atoms with van der Waals surface area (Å²) in [6.07, 6.45) is 1.01. The lowest BCUT2D eigenvalue weighted by atomic mass is 9.79. The quantitative estimate of drug-likeness (QED) is 0.753. The molecule has 1 aromatic rings. The molecule has 0 spiro atoms. The van der Waals surface area contributed by atoms with Gasteiger partial charge in [-0.2, -0.15) is 0 Å². The summed E-state index contributed by atoms with van der Waals surface area (Å²) in [5.41, 5.74) is 0.282. The Hall–Kier alpha value is -1.45. The van der Waals surface area contributed by atoms with Gasteiger partial charge in [-0.3, -0.25) is 4.79 Å². The van der Waals surface area contributed by atoms with Crippen LogP contribution in [0.5, 0.6) is 0 Å². The van der Waals surface area contributed by atoms with Crippen LogP contribution in [0.15, 0.2) is 18.2 Å². The van der Waals surface area contributed by atoms with Crippen molar-refractivity contribution in [3.8, 4) is 0 Å². The van der Waals surface area contributed by atoms with E-state index in [4.69, 9.17) is 0 Å². The molecule has 2 nitrogen and oxygen atoms in total. The summed E-state index contributed by atoms with van der Waals surface area (Å²) >= 11 is 0. The number of amides is 1. The van der Waals surface area contributed by atoms with Gasteiger partial charge in [0, 0.05) is 25.1 Å². The lowest BCUT2D eigenvalue weighted by Gasteiger charge is -2.43. The van der Waals surface area contributed by atoms with Crippen LogP contribution in [0, 0.1) is 11.6 Å². The van der Waals surface area contributed by atoms with Gasteiger partial charge < -0.3 is 4.90 Å². The Kier molecular flexibility index (Phi) is 3.13. The van der Waals surface area contributed by atoms with Gasteiger partial charge in [-0.25, -0.2) is 8.78 Å². The Balaban J connectivity index is 2.32. The summed E-state index contributed by atoms with van der Waals surface area (Å²) < 4.78 is 26.4. The van der Waals surface area contributed by atoms with E-state index in [9.17, 15) is 13.6 Å². The van der Waals surface area contributed by atoms with Crippen LogP contribution in [0.3, 0.4) is 0 Å². The van der Waals surface area contributed by atoms with Crippen LogP contribution in [0.2, 0.25) is 0 Å². The first-order valence-electron chi connectivity index (χ1n) is 6.02. The minimum absolute atomic E-state index is 0.0147. The first kappa shape index (κ1) is 13.0. The molecular weight excluding hydrogens is 236 g/mol. The van der Waals surface area contributed by atoms with Crippen LogP contribution >= 0.6 is 0 Å². The summed E-state index contributed by atoms with van der Waals surface area (Å²) in [7, 11) is 1.77.